The van der Waals surface area contributed by atoms with Gasteiger partial charge in [-0.2, -0.15) is 11.3 Å². The van der Waals surface area contributed by atoms with Crippen molar-refractivity contribution in [3.8, 4) is 5.75 Å². The van der Waals surface area contributed by atoms with E-state index in [9.17, 15) is 9.18 Å². The molecule has 3 rings (SSSR count). The average Bonchev–Trinajstić information content (AvgIpc) is 3.02. The molecule has 1 aliphatic rings. The number of nitrogens with two attached hydrogens (primary N) is 1. The zero-order valence-electron chi connectivity index (χ0n) is 10.6. The second-order valence-corrected chi connectivity index (χ2v) is 5.41. The molecule has 2 aromatic rings. The van der Waals surface area contributed by atoms with Gasteiger partial charge in [0.25, 0.3) is 0 Å². The van der Waals surface area contributed by atoms with Crippen LogP contribution in [-0.4, -0.2) is 12.1 Å². The fourth-order valence-electron chi connectivity index (χ4n) is 2.17. The van der Waals surface area contributed by atoms with E-state index in [4.69, 9.17) is 10.5 Å². The molecular weight excluding hydrogens is 279 g/mol. The van der Waals surface area contributed by atoms with E-state index in [2.05, 4.69) is 5.32 Å². The molecule has 1 unspecified atom stereocenters. The molecule has 0 bridgehead atoms. The molecule has 104 valence electrons. The van der Waals surface area contributed by atoms with Crippen LogP contribution in [0.5, 0.6) is 5.75 Å². The van der Waals surface area contributed by atoms with Gasteiger partial charge in [-0.3, -0.25) is 10.5 Å². The topological polar surface area (TPSA) is 64.3 Å². The zero-order valence-corrected chi connectivity index (χ0v) is 11.4. The van der Waals surface area contributed by atoms with E-state index in [1.165, 1.54) is 6.07 Å². The summed E-state index contributed by atoms with van der Waals surface area (Å²) in [5.74, 6) is -0.707. The molecule has 1 aliphatic heterocycles. The SMILES string of the molecule is NC(Cc1ccsc1)Oc1ccc2c(c1F)NC(=O)C2. The molecule has 0 radical (unpaired) electrons. The molecule has 0 saturated heterocycles. The summed E-state index contributed by atoms with van der Waals surface area (Å²) >= 11 is 1.57. The minimum Gasteiger partial charge on any atom is -0.472 e. The third-order valence-corrected chi connectivity index (χ3v) is 3.84. The normalized spacial score (nSPS) is 14.8. The van der Waals surface area contributed by atoms with Crippen LogP contribution in [0.2, 0.25) is 0 Å². The number of fused-ring (bicyclic) bond motifs is 1. The Kier molecular flexibility index (Phi) is 3.42. The predicted octanol–water partition coefficient (Wildman–Crippen LogP) is 2.29. The second-order valence-electron chi connectivity index (χ2n) is 4.63. The van der Waals surface area contributed by atoms with E-state index in [0.29, 0.717) is 12.0 Å². The van der Waals surface area contributed by atoms with Crippen LogP contribution in [0.3, 0.4) is 0 Å². The van der Waals surface area contributed by atoms with E-state index < -0.39 is 12.0 Å². The van der Waals surface area contributed by atoms with Crippen molar-refractivity contribution in [2.24, 2.45) is 5.73 Å². The fourth-order valence-corrected chi connectivity index (χ4v) is 2.85. The number of anilines is 1. The minimum atomic E-state index is -0.630. The third kappa shape index (κ3) is 2.52. The summed E-state index contributed by atoms with van der Waals surface area (Å²) in [5, 5.41) is 6.42. The molecule has 6 heteroatoms. The van der Waals surface area contributed by atoms with Crippen molar-refractivity contribution in [1.82, 2.24) is 0 Å². The quantitative estimate of drug-likeness (QED) is 0.850. The number of hydrogen-bond acceptors (Lipinski definition) is 4. The van der Waals surface area contributed by atoms with Gasteiger partial charge >= 0.3 is 0 Å². The van der Waals surface area contributed by atoms with Crippen LogP contribution in [0.1, 0.15) is 11.1 Å². The first-order chi connectivity index (χ1) is 9.63. The number of halogens is 1. The number of amides is 1. The van der Waals surface area contributed by atoms with Crippen molar-refractivity contribution in [2.75, 3.05) is 5.32 Å². The van der Waals surface area contributed by atoms with Crippen LogP contribution in [0.15, 0.2) is 29.0 Å². The Hall–Kier alpha value is -1.92. The molecule has 0 spiro atoms. The highest BCUT2D eigenvalue weighted by atomic mass is 32.1. The van der Waals surface area contributed by atoms with Gasteiger partial charge < -0.3 is 10.1 Å². The molecule has 0 saturated carbocycles. The average molecular weight is 292 g/mol. The maximum Gasteiger partial charge on any atom is 0.228 e. The molecule has 0 fully saturated rings. The number of rotatable bonds is 4. The van der Waals surface area contributed by atoms with Crippen LogP contribution in [0.25, 0.3) is 0 Å². The Labute approximate surface area is 119 Å². The van der Waals surface area contributed by atoms with Gasteiger partial charge in [0, 0.05) is 6.42 Å². The summed E-state index contributed by atoms with van der Waals surface area (Å²) in [4.78, 5) is 11.3. The van der Waals surface area contributed by atoms with Gasteiger partial charge in [0.05, 0.1) is 12.1 Å². The van der Waals surface area contributed by atoms with Crippen LogP contribution in [-0.2, 0) is 17.6 Å². The van der Waals surface area contributed by atoms with Gasteiger partial charge in [0.2, 0.25) is 5.91 Å². The molecule has 20 heavy (non-hydrogen) atoms. The Morgan fingerprint density at radius 3 is 3.05 bits per heavy atom. The third-order valence-electron chi connectivity index (χ3n) is 3.10. The summed E-state index contributed by atoms with van der Waals surface area (Å²) in [6.07, 6.45) is 0.0779. The van der Waals surface area contributed by atoms with Gasteiger partial charge in [-0.05, 0) is 34.0 Å². The standard InChI is InChI=1S/C14H13FN2O2S/c15-13-10(2-1-9-6-12(18)17-14(9)13)19-11(16)5-8-3-4-20-7-8/h1-4,7,11H,5-6,16H2,(H,17,18). The Morgan fingerprint density at radius 2 is 2.30 bits per heavy atom. The van der Waals surface area contributed by atoms with Crippen molar-refractivity contribution in [2.45, 2.75) is 19.1 Å². The maximum atomic E-state index is 14.2. The maximum absolute atomic E-state index is 14.2. The monoisotopic (exact) mass is 292 g/mol. The van der Waals surface area contributed by atoms with E-state index in [0.717, 1.165) is 5.56 Å². The number of thiophene rings is 1. The molecule has 3 N–H and O–H groups in total. The lowest BCUT2D eigenvalue weighted by molar-refractivity contribution is -0.115. The molecular formula is C14H13FN2O2S. The van der Waals surface area contributed by atoms with Gasteiger partial charge in [0.15, 0.2) is 17.8 Å². The van der Waals surface area contributed by atoms with E-state index in [1.807, 2.05) is 16.8 Å². The highest BCUT2D eigenvalue weighted by Crippen LogP contribution is 2.32. The van der Waals surface area contributed by atoms with Gasteiger partial charge in [-0.1, -0.05) is 6.07 Å². The number of benzene rings is 1. The fraction of sp³-hybridized carbons (Fsp3) is 0.214. The predicted molar refractivity (Wildman–Crippen MR) is 75.4 cm³/mol. The summed E-state index contributed by atoms with van der Waals surface area (Å²) in [6, 6.07) is 5.15. The first kappa shape index (κ1) is 13.1. The number of nitrogens with one attached hydrogen (secondary N) is 1. The first-order valence-corrected chi connectivity index (χ1v) is 7.12. The highest BCUT2D eigenvalue weighted by Gasteiger charge is 2.24. The highest BCUT2D eigenvalue weighted by molar-refractivity contribution is 7.07. The van der Waals surface area contributed by atoms with Crippen molar-refractivity contribution >= 4 is 22.9 Å². The second kappa shape index (κ2) is 5.22. The van der Waals surface area contributed by atoms with Crippen LogP contribution >= 0.6 is 11.3 Å². The lowest BCUT2D eigenvalue weighted by Crippen LogP contribution is -2.29. The number of hydrogen-bond donors (Lipinski definition) is 2. The lowest BCUT2D eigenvalue weighted by Gasteiger charge is -2.15. The lowest BCUT2D eigenvalue weighted by atomic mass is 10.1. The zero-order chi connectivity index (χ0) is 14.1. The van der Waals surface area contributed by atoms with E-state index >= 15 is 0 Å². The van der Waals surface area contributed by atoms with Gasteiger partial charge in [-0.15, -0.1) is 0 Å². The molecule has 1 amide bonds. The van der Waals surface area contributed by atoms with Gasteiger partial charge in [0.1, 0.15) is 0 Å². The van der Waals surface area contributed by atoms with Crippen molar-refractivity contribution in [3.63, 3.8) is 0 Å². The van der Waals surface area contributed by atoms with E-state index in [1.54, 1.807) is 17.4 Å². The van der Waals surface area contributed by atoms with Crippen LogP contribution < -0.4 is 15.8 Å². The molecule has 1 atom stereocenters. The summed E-state index contributed by atoms with van der Waals surface area (Å²) in [5.41, 5.74) is 7.77. The van der Waals surface area contributed by atoms with Crippen molar-refractivity contribution in [1.29, 1.82) is 0 Å². The Bertz CT molecular complexity index is 643. The number of carbonyl (C=O) groups excluding carboxylic acids is 1. The Morgan fingerprint density at radius 1 is 1.45 bits per heavy atom. The van der Waals surface area contributed by atoms with Crippen LogP contribution in [0.4, 0.5) is 10.1 Å². The largest absolute Gasteiger partial charge is 0.472 e. The minimum absolute atomic E-state index is 0.0636. The number of ether oxygens (including phenoxy) is 1. The Balaban J connectivity index is 1.75. The molecule has 1 aromatic heterocycles. The van der Waals surface area contributed by atoms with Crippen molar-refractivity contribution < 1.29 is 13.9 Å². The first-order valence-electron chi connectivity index (χ1n) is 6.18. The molecule has 4 nitrogen and oxygen atoms in total. The van der Waals surface area contributed by atoms with E-state index in [-0.39, 0.29) is 23.8 Å². The molecule has 1 aromatic carbocycles. The smallest absolute Gasteiger partial charge is 0.228 e. The number of carbonyl (C=O) groups is 1. The van der Waals surface area contributed by atoms with Crippen molar-refractivity contribution in [3.05, 3.63) is 45.9 Å². The summed E-state index contributed by atoms with van der Waals surface area (Å²) in [6.45, 7) is 0. The van der Waals surface area contributed by atoms with Gasteiger partial charge in [-0.25, -0.2) is 4.39 Å². The molecule has 0 aliphatic carbocycles. The summed E-state index contributed by atoms with van der Waals surface area (Å²) in [7, 11) is 0. The summed E-state index contributed by atoms with van der Waals surface area (Å²) < 4.78 is 19.6. The molecule has 2 heterocycles. The van der Waals surface area contributed by atoms with Crippen LogP contribution in [0, 0.1) is 5.82 Å².